The molecule has 0 amide bonds. The Labute approximate surface area is 96.6 Å². The van der Waals surface area contributed by atoms with Crippen molar-refractivity contribution in [3.05, 3.63) is 24.3 Å². The normalized spacial score (nSPS) is 10.7. The number of anilines is 1. The van der Waals surface area contributed by atoms with Gasteiger partial charge in [0.25, 0.3) is 0 Å². The van der Waals surface area contributed by atoms with Crippen LogP contribution in [0, 0.1) is 0 Å². The van der Waals surface area contributed by atoms with Gasteiger partial charge < -0.3 is 11.1 Å². The lowest BCUT2D eigenvalue weighted by Crippen LogP contribution is -2.08. The molecule has 0 fully saturated rings. The van der Waals surface area contributed by atoms with Crippen LogP contribution in [0.1, 0.15) is 20.3 Å². The summed E-state index contributed by atoms with van der Waals surface area (Å²) < 4.78 is 0. The van der Waals surface area contributed by atoms with Gasteiger partial charge in [-0.25, -0.2) is 0 Å². The molecule has 1 aromatic rings. The monoisotopic (exact) mass is 224 g/mol. The van der Waals surface area contributed by atoms with Crippen molar-refractivity contribution in [2.45, 2.75) is 30.4 Å². The smallest absolute Gasteiger partial charge is 0.0340 e. The Morgan fingerprint density at radius 1 is 1.27 bits per heavy atom. The molecule has 3 N–H and O–H groups in total. The van der Waals surface area contributed by atoms with Crippen molar-refractivity contribution in [1.82, 2.24) is 0 Å². The van der Waals surface area contributed by atoms with Crippen LogP contribution in [0.4, 0.5) is 5.69 Å². The topological polar surface area (TPSA) is 38.0 Å². The van der Waals surface area contributed by atoms with Crippen molar-refractivity contribution in [2.75, 3.05) is 18.4 Å². The molecule has 0 unspecified atom stereocenters. The fourth-order valence-electron chi connectivity index (χ4n) is 1.26. The highest BCUT2D eigenvalue weighted by Crippen LogP contribution is 2.23. The average molecular weight is 224 g/mol. The predicted molar refractivity (Wildman–Crippen MR) is 69.6 cm³/mol. The molecule has 84 valence electrons. The van der Waals surface area contributed by atoms with Crippen molar-refractivity contribution >= 4 is 17.4 Å². The molecule has 0 heterocycles. The van der Waals surface area contributed by atoms with Gasteiger partial charge in [0.05, 0.1) is 0 Å². The van der Waals surface area contributed by atoms with E-state index in [1.165, 1.54) is 10.6 Å². The Morgan fingerprint density at radius 3 is 2.47 bits per heavy atom. The molecule has 1 aromatic carbocycles. The number of nitrogens with two attached hydrogens (primary N) is 1. The van der Waals surface area contributed by atoms with E-state index in [1.807, 2.05) is 11.8 Å². The standard InChI is InChI=1S/C12H20N2S/c1-10(2)15-12-6-4-11(5-7-12)14-9-3-8-13/h4-7,10,14H,3,8-9,13H2,1-2H3. The number of nitrogens with one attached hydrogen (secondary N) is 1. The molecule has 0 aliphatic carbocycles. The summed E-state index contributed by atoms with van der Waals surface area (Å²) in [5.41, 5.74) is 6.61. The fraction of sp³-hybridized carbons (Fsp3) is 0.500. The van der Waals surface area contributed by atoms with E-state index >= 15 is 0 Å². The van der Waals surface area contributed by atoms with Crippen LogP contribution < -0.4 is 11.1 Å². The molecule has 1 rings (SSSR count). The van der Waals surface area contributed by atoms with Crippen molar-refractivity contribution in [1.29, 1.82) is 0 Å². The maximum Gasteiger partial charge on any atom is 0.0340 e. The van der Waals surface area contributed by atoms with E-state index in [0.29, 0.717) is 5.25 Å². The SMILES string of the molecule is CC(C)Sc1ccc(NCCCN)cc1. The Bertz CT molecular complexity index is 269. The summed E-state index contributed by atoms with van der Waals surface area (Å²) in [5, 5.41) is 3.98. The van der Waals surface area contributed by atoms with Gasteiger partial charge in [-0.2, -0.15) is 0 Å². The molecular weight excluding hydrogens is 204 g/mol. The van der Waals surface area contributed by atoms with E-state index < -0.39 is 0 Å². The van der Waals surface area contributed by atoms with Crippen LogP contribution in [0.15, 0.2) is 29.2 Å². The van der Waals surface area contributed by atoms with Crippen LogP contribution in [0.3, 0.4) is 0 Å². The molecule has 0 radical (unpaired) electrons. The second kappa shape index (κ2) is 6.75. The van der Waals surface area contributed by atoms with E-state index in [1.54, 1.807) is 0 Å². The fourth-order valence-corrected chi connectivity index (χ4v) is 2.10. The number of benzene rings is 1. The highest BCUT2D eigenvalue weighted by molar-refractivity contribution is 7.99. The number of hydrogen-bond donors (Lipinski definition) is 2. The lowest BCUT2D eigenvalue weighted by molar-refractivity contribution is 0.874. The van der Waals surface area contributed by atoms with Crippen molar-refractivity contribution in [3.8, 4) is 0 Å². The van der Waals surface area contributed by atoms with Crippen molar-refractivity contribution in [2.24, 2.45) is 5.73 Å². The minimum absolute atomic E-state index is 0.640. The molecule has 15 heavy (non-hydrogen) atoms. The third kappa shape index (κ3) is 5.09. The Balaban J connectivity index is 2.42. The lowest BCUT2D eigenvalue weighted by Gasteiger charge is -2.08. The summed E-state index contributed by atoms with van der Waals surface area (Å²) in [6.07, 6.45) is 1.02. The van der Waals surface area contributed by atoms with Crippen LogP contribution in [0.5, 0.6) is 0 Å². The van der Waals surface area contributed by atoms with Crippen LogP contribution in [-0.4, -0.2) is 18.3 Å². The molecule has 0 aliphatic heterocycles. The van der Waals surface area contributed by atoms with Gasteiger partial charge in [-0.05, 0) is 37.2 Å². The summed E-state index contributed by atoms with van der Waals surface area (Å²) in [7, 11) is 0. The van der Waals surface area contributed by atoms with Gasteiger partial charge in [-0.3, -0.25) is 0 Å². The van der Waals surface area contributed by atoms with Gasteiger partial charge in [-0.1, -0.05) is 13.8 Å². The molecule has 2 nitrogen and oxygen atoms in total. The average Bonchev–Trinajstić information content (AvgIpc) is 2.20. The van der Waals surface area contributed by atoms with Gasteiger partial charge in [0.15, 0.2) is 0 Å². The molecule has 0 aliphatic rings. The number of rotatable bonds is 6. The van der Waals surface area contributed by atoms with Crippen LogP contribution >= 0.6 is 11.8 Å². The van der Waals surface area contributed by atoms with E-state index in [2.05, 4.69) is 43.4 Å². The Hall–Kier alpha value is -0.670. The van der Waals surface area contributed by atoms with Gasteiger partial charge in [0, 0.05) is 22.4 Å². The van der Waals surface area contributed by atoms with E-state index in [-0.39, 0.29) is 0 Å². The molecule has 0 spiro atoms. The highest BCUT2D eigenvalue weighted by Gasteiger charge is 1.97. The Kier molecular flexibility index (Phi) is 5.58. The van der Waals surface area contributed by atoms with Crippen molar-refractivity contribution in [3.63, 3.8) is 0 Å². The predicted octanol–water partition coefficient (Wildman–Crippen LogP) is 2.95. The zero-order valence-corrected chi connectivity index (χ0v) is 10.3. The maximum absolute atomic E-state index is 5.43. The van der Waals surface area contributed by atoms with Crippen molar-refractivity contribution < 1.29 is 0 Å². The van der Waals surface area contributed by atoms with Gasteiger partial charge >= 0.3 is 0 Å². The molecule has 0 bridgehead atoms. The summed E-state index contributed by atoms with van der Waals surface area (Å²) >= 11 is 1.89. The Morgan fingerprint density at radius 2 is 1.93 bits per heavy atom. The zero-order chi connectivity index (χ0) is 11.1. The van der Waals surface area contributed by atoms with Gasteiger partial charge in [0.1, 0.15) is 0 Å². The second-order valence-electron chi connectivity index (χ2n) is 3.76. The zero-order valence-electron chi connectivity index (χ0n) is 9.49. The van der Waals surface area contributed by atoms with Gasteiger partial charge in [-0.15, -0.1) is 11.8 Å². The summed E-state index contributed by atoms with van der Waals surface area (Å²) in [4.78, 5) is 1.33. The quantitative estimate of drug-likeness (QED) is 0.576. The first-order valence-corrected chi connectivity index (χ1v) is 6.31. The third-order valence-electron chi connectivity index (χ3n) is 1.94. The van der Waals surface area contributed by atoms with E-state index in [4.69, 9.17) is 5.73 Å². The molecular formula is C12H20N2S. The number of thioether (sulfide) groups is 1. The molecule has 0 aromatic heterocycles. The van der Waals surface area contributed by atoms with Gasteiger partial charge in [0.2, 0.25) is 0 Å². The van der Waals surface area contributed by atoms with Crippen LogP contribution in [-0.2, 0) is 0 Å². The number of hydrogen-bond acceptors (Lipinski definition) is 3. The van der Waals surface area contributed by atoms with Crippen LogP contribution in [0.2, 0.25) is 0 Å². The second-order valence-corrected chi connectivity index (χ2v) is 5.41. The summed E-state index contributed by atoms with van der Waals surface area (Å²) in [6.45, 7) is 6.11. The highest BCUT2D eigenvalue weighted by atomic mass is 32.2. The largest absolute Gasteiger partial charge is 0.385 e. The van der Waals surface area contributed by atoms with Crippen LogP contribution in [0.25, 0.3) is 0 Å². The first-order valence-electron chi connectivity index (χ1n) is 5.43. The van der Waals surface area contributed by atoms with E-state index in [9.17, 15) is 0 Å². The minimum atomic E-state index is 0.640. The molecule has 3 heteroatoms. The van der Waals surface area contributed by atoms with E-state index in [0.717, 1.165) is 19.5 Å². The molecule has 0 saturated carbocycles. The lowest BCUT2D eigenvalue weighted by atomic mass is 10.3. The molecule has 0 atom stereocenters. The first-order chi connectivity index (χ1) is 7.22. The third-order valence-corrected chi connectivity index (χ3v) is 2.95. The summed E-state index contributed by atoms with van der Waals surface area (Å²) in [5.74, 6) is 0. The summed E-state index contributed by atoms with van der Waals surface area (Å²) in [6, 6.07) is 8.58. The maximum atomic E-state index is 5.43. The molecule has 0 saturated heterocycles. The minimum Gasteiger partial charge on any atom is -0.385 e. The first kappa shape index (κ1) is 12.4.